The largest absolute Gasteiger partial charge is 0.435 e. The fourth-order valence-electron chi connectivity index (χ4n) is 3.44. The Bertz CT molecular complexity index is 804. The monoisotopic (exact) mass is 460 g/mol. The minimum absolute atomic E-state index is 0.0885. The van der Waals surface area contributed by atoms with E-state index in [1.54, 1.807) is 4.90 Å². The zero-order valence-electron chi connectivity index (χ0n) is 18.0. The maximum absolute atomic E-state index is 12.8. The number of nitrogens with one attached hydrogen (secondary N) is 1. The number of rotatable bonds is 10. The number of alkyl halides is 4. The maximum atomic E-state index is 12.8. The van der Waals surface area contributed by atoms with E-state index in [4.69, 9.17) is 0 Å². The van der Waals surface area contributed by atoms with Crippen molar-refractivity contribution in [3.8, 4) is 11.5 Å². The smallest absolute Gasteiger partial charge is 0.387 e. The van der Waals surface area contributed by atoms with Crippen LogP contribution in [-0.2, 0) is 9.59 Å². The van der Waals surface area contributed by atoms with Crippen molar-refractivity contribution in [2.24, 2.45) is 5.92 Å². The number of unbranched alkanes of at least 4 members (excludes halogenated alkanes) is 1. The quantitative estimate of drug-likeness (QED) is 0.318. The van der Waals surface area contributed by atoms with E-state index in [0.29, 0.717) is 19.4 Å². The first kappa shape index (κ1) is 25.5. The molecule has 0 aromatic heterocycles. The standard InChI is InChI=1S/C22H28F4N2O4/c1-3-4-11-27-20(30)16-6-5-14(2)28(13-16)19(29)10-8-15-7-9-17(31-21(23)24)12-18(15)32-22(25)26/h7-10,12,14,16,21-22H,3-6,11,13H2,1-2H3,(H,27,30). The van der Waals surface area contributed by atoms with Crippen molar-refractivity contribution in [2.45, 2.75) is 58.8 Å². The lowest BCUT2D eigenvalue weighted by Gasteiger charge is -2.36. The molecule has 0 saturated carbocycles. The minimum atomic E-state index is -3.19. The highest BCUT2D eigenvalue weighted by molar-refractivity contribution is 5.93. The number of halogens is 4. The third-order valence-corrected chi connectivity index (χ3v) is 5.20. The molecule has 2 amide bonds. The highest BCUT2D eigenvalue weighted by Gasteiger charge is 2.31. The Morgan fingerprint density at radius 2 is 1.91 bits per heavy atom. The van der Waals surface area contributed by atoms with E-state index in [-0.39, 0.29) is 41.6 Å². The molecule has 1 saturated heterocycles. The van der Waals surface area contributed by atoms with Crippen LogP contribution in [0.2, 0.25) is 0 Å². The predicted octanol–water partition coefficient (Wildman–Crippen LogP) is 4.45. The lowest BCUT2D eigenvalue weighted by atomic mass is 9.92. The van der Waals surface area contributed by atoms with Crippen molar-refractivity contribution in [3.63, 3.8) is 0 Å². The van der Waals surface area contributed by atoms with Crippen LogP contribution in [0.25, 0.3) is 6.08 Å². The van der Waals surface area contributed by atoms with Crippen molar-refractivity contribution in [1.29, 1.82) is 0 Å². The topological polar surface area (TPSA) is 67.9 Å². The summed E-state index contributed by atoms with van der Waals surface area (Å²) in [6, 6.07) is 3.21. The number of ether oxygens (including phenoxy) is 2. The third kappa shape index (κ3) is 7.72. The van der Waals surface area contributed by atoms with Gasteiger partial charge < -0.3 is 19.7 Å². The van der Waals surface area contributed by atoms with Gasteiger partial charge >= 0.3 is 13.2 Å². The van der Waals surface area contributed by atoms with Crippen LogP contribution in [-0.4, -0.2) is 49.1 Å². The summed E-state index contributed by atoms with van der Waals surface area (Å²) in [6.45, 7) is -1.56. The maximum Gasteiger partial charge on any atom is 0.387 e. The molecule has 1 fully saturated rings. The van der Waals surface area contributed by atoms with Crippen molar-refractivity contribution in [1.82, 2.24) is 10.2 Å². The molecule has 1 N–H and O–H groups in total. The summed E-state index contributed by atoms with van der Waals surface area (Å²) >= 11 is 0. The molecule has 0 radical (unpaired) electrons. The zero-order chi connectivity index (χ0) is 23.7. The molecule has 1 aliphatic heterocycles. The van der Waals surface area contributed by atoms with E-state index in [2.05, 4.69) is 14.8 Å². The number of nitrogens with zero attached hydrogens (tertiary/aromatic N) is 1. The van der Waals surface area contributed by atoms with Gasteiger partial charge in [0, 0.05) is 36.8 Å². The van der Waals surface area contributed by atoms with Crippen molar-refractivity contribution in [3.05, 3.63) is 29.8 Å². The van der Waals surface area contributed by atoms with Crippen LogP contribution >= 0.6 is 0 Å². The molecular formula is C22H28F4N2O4. The van der Waals surface area contributed by atoms with E-state index < -0.39 is 19.0 Å². The molecule has 2 unspecified atom stereocenters. The average Bonchev–Trinajstić information content (AvgIpc) is 2.72. The van der Waals surface area contributed by atoms with Gasteiger partial charge in [0.25, 0.3) is 0 Å². The highest BCUT2D eigenvalue weighted by Crippen LogP contribution is 2.29. The second-order valence-corrected chi connectivity index (χ2v) is 7.55. The summed E-state index contributed by atoms with van der Waals surface area (Å²) in [4.78, 5) is 26.7. The van der Waals surface area contributed by atoms with E-state index >= 15 is 0 Å². The number of likely N-dealkylation sites (tertiary alicyclic amines) is 1. The van der Waals surface area contributed by atoms with Gasteiger partial charge in [-0.25, -0.2) is 0 Å². The number of benzene rings is 1. The minimum Gasteiger partial charge on any atom is -0.435 e. The van der Waals surface area contributed by atoms with Crippen LogP contribution in [0, 0.1) is 5.92 Å². The SMILES string of the molecule is CCCCNC(=O)C1CCC(C)N(C(=O)C=Cc2ccc(OC(F)F)cc2OC(F)F)C1. The molecule has 0 bridgehead atoms. The van der Waals surface area contributed by atoms with Gasteiger partial charge in [-0.1, -0.05) is 13.3 Å². The van der Waals surface area contributed by atoms with Crippen molar-refractivity contribution >= 4 is 17.9 Å². The summed E-state index contributed by atoms with van der Waals surface area (Å²) in [5.74, 6) is -1.54. The van der Waals surface area contributed by atoms with Gasteiger partial charge in [0.2, 0.25) is 11.8 Å². The predicted molar refractivity (Wildman–Crippen MR) is 111 cm³/mol. The fraction of sp³-hybridized carbons (Fsp3) is 0.545. The second-order valence-electron chi connectivity index (χ2n) is 7.55. The van der Waals surface area contributed by atoms with Gasteiger partial charge in [-0.2, -0.15) is 17.6 Å². The van der Waals surface area contributed by atoms with Gasteiger partial charge in [0.1, 0.15) is 11.5 Å². The Labute approximate surface area is 184 Å². The molecule has 1 heterocycles. The first-order valence-corrected chi connectivity index (χ1v) is 10.5. The summed E-state index contributed by atoms with van der Waals surface area (Å²) in [7, 11) is 0. The number of amides is 2. The van der Waals surface area contributed by atoms with Crippen LogP contribution in [0.3, 0.4) is 0 Å². The van der Waals surface area contributed by atoms with Crippen LogP contribution in [0.15, 0.2) is 24.3 Å². The molecule has 10 heteroatoms. The molecule has 2 rings (SSSR count). The van der Waals surface area contributed by atoms with Crippen LogP contribution in [0.5, 0.6) is 11.5 Å². The molecule has 2 atom stereocenters. The number of hydrogen-bond donors (Lipinski definition) is 1. The Hall–Kier alpha value is -2.78. The average molecular weight is 460 g/mol. The molecule has 1 aliphatic rings. The first-order valence-electron chi connectivity index (χ1n) is 10.5. The Morgan fingerprint density at radius 1 is 1.19 bits per heavy atom. The number of carbonyl (C=O) groups is 2. The molecule has 1 aromatic carbocycles. The van der Waals surface area contributed by atoms with Crippen molar-refractivity contribution < 1.29 is 36.6 Å². The Kier molecular flexibility index (Phi) is 9.80. The molecule has 6 nitrogen and oxygen atoms in total. The summed E-state index contributed by atoms with van der Waals surface area (Å²) in [5.41, 5.74) is 0.0961. The van der Waals surface area contributed by atoms with Crippen LogP contribution < -0.4 is 14.8 Å². The molecular weight excluding hydrogens is 432 g/mol. The number of piperidine rings is 1. The fourth-order valence-corrected chi connectivity index (χ4v) is 3.44. The first-order chi connectivity index (χ1) is 15.2. The normalized spacial score (nSPS) is 18.9. The van der Waals surface area contributed by atoms with E-state index in [0.717, 1.165) is 25.0 Å². The van der Waals surface area contributed by atoms with E-state index in [9.17, 15) is 27.2 Å². The number of hydrogen-bond acceptors (Lipinski definition) is 4. The highest BCUT2D eigenvalue weighted by atomic mass is 19.3. The van der Waals surface area contributed by atoms with Crippen LogP contribution in [0.4, 0.5) is 17.6 Å². The van der Waals surface area contributed by atoms with Gasteiger partial charge in [-0.15, -0.1) is 0 Å². The van der Waals surface area contributed by atoms with Gasteiger partial charge in [0.15, 0.2) is 0 Å². The lowest BCUT2D eigenvalue weighted by Crippen LogP contribution is -2.49. The van der Waals surface area contributed by atoms with Crippen LogP contribution in [0.1, 0.15) is 45.1 Å². The molecule has 0 spiro atoms. The second kappa shape index (κ2) is 12.3. The molecule has 0 aliphatic carbocycles. The summed E-state index contributed by atoms with van der Waals surface area (Å²) in [5, 5.41) is 2.88. The van der Waals surface area contributed by atoms with Gasteiger partial charge in [0.05, 0.1) is 5.92 Å². The zero-order valence-corrected chi connectivity index (χ0v) is 18.0. The molecule has 32 heavy (non-hydrogen) atoms. The number of carbonyl (C=O) groups excluding carboxylic acids is 2. The van der Waals surface area contributed by atoms with Gasteiger partial charge in [-0.3, -0.25) is 9.59 Å². The lowest BCUT2D eigenvalue weighted by molar-refractivity contribution is -0.134. The molecule has 178 valence electrons. The van der Waals surface area contributed by atoms with E-state index in [1.807, 2.05) is 13.8 Å². The van der Waals surface area contributed by atoms with E-state index in [1.165, 1.54) is 18.2 Å². The summed E-state index contributed by atoms with van der Waals surface area (Å²) in [6.07, 6.45) is 5.63. The summed E-state index contributed by atoms with van der Waals surface area (Å²) < 4.78 is 58.8. The Morgan fingerprint density at radius 3 is 2.56 bits per heavy atom. The third-order valence-electron chi connectivity index (χ3n) is 5.20. The van der Waals surface area contributed by atoms with Crippen molar-refractivity contribution in [2.75, 3.05) is 13.1 Å². The Balaban J connectivity index is 2.10. The van der Waals surface area contributed by atoms with Gasteiger partial charge in [-0.05, 0) is 44.4 Å². The molecule has 1 aromatic rings.